The van der Waals surface area contributed by atoms with Crippen LogP contribution in [0.1, 0.15) is 45.0 Å². The minimum absolute atomic E-state index is 0.0283. The number of fused-ring (bicyclic) bond motifs is 3. The number of likely N-dealkylation sites (N-methyl/N-ethyl adjacent to an activating group) is 1. The molecule has 30 heavy (non-hydrogen) atoms. The van der Waals surface area contributed by atoms with Gasteiger partial charge in [-0.2, -0.15) is 0 Å². The van der Waals surface area contributed by atoms with E-state index >= 15 is 0 Å². The standard InChI is InChI=1S/C24H25N3O2S/c1-2-27-13-12-19-20(14-27)30-24-21(19)23(28)25-22(26-24)17-8-10-18(11-9-17)29-15-16-6-4-3-5-7-16/h3-11,22,26H,2,12-15H2,1H3,(H,25,28). The fourth-order valence-electron chi connectivity index (χ4n) is 4.10. The van der Waals surface area contributed by atoms with Crippen LogP contribution in [0, 0.1) is 0 Å². The lowest BCUT2D eigenvalue weighted by molar-refractivity contribution is 0.0934. The van der Waals surface area contributed by atoms with E-state index in [1.165, 1.54) is 10.4 Å². The molecular formula is C24H25N3O2S. The lowest BCUT2D eigenvalue weighted by Crippen LogP contribution is -2.38. The molecule has 2 aliphatic heterocycles. The molecule has 1 unspecified atom stereocenters. The van der Waals surface area contributed by atoms with E-state index in [1.54, 1.807) is 11.3 Å². The predicted octanol–water partition coefficient (Wildman–Crippen LogP) is 4.56. The number of anilines is 1. The molecule has 0 saturated heterocycles. The molecule has 0 radical (unpaired) electrons. The summed E-state index contributed by atoms with van der Waals surface area (Å²) in [5.41, 5.74) is 4.24. The highest BCUT2D eigenvalue weighted by atomic mass is 32.1. The maximum absolute atomic E-state index is 12.9. The number of thiophene rings is 1. The van der Waals surface area contributed by atoms with E-state index < -0.39 is 0 Å². The number of rotatable bonds is 5. The fraction of sp³-hybridized carbons (Fsp3) is 0.292. The van der Waals surface area contributed by atoms with Gasteiger partial charge in [0.25, 0.3) is 5.91 Å². The van der Waals surface area contributed by atoms with Gasteiger partial charge in [-0.05, 0) is 41.8 Å². The number of hydrogen-bond acceptors (Lipinski definition) is 5. The van der Waals surface area contributed by atoms with Crippen LogP contribution in [-0.4, -0.2) is 23.9 Å². The van der Waals surface area contributed by atoms with Crippen LogP contribution in [0.4, 0.5) is 5.00 Å². The molecule has 1 atom stereocenters. The van der Waals surface area contributed by atoms with Crippen molar-refractivity contribution in [1.29, 1.82) is 0 Å². The van der Waals surface area contributed by atoms with Crippen molar-refractivity contribution >= 4 is 22.2 Å². The Balaban J connectivity index is 1.29. The third-order valence-corrected chi connectivity index (χ3v) is 6.97. The summed E-state index contributed by atoms with van der Waals surface area (Å²) in [5.74, 6) is 0.845. The first-order chi connectivity index (χ1) is 14.7. The van der Waals surface area contributed by atoms with Crippen molar-refractivity contribution in [3.8, 4) is 5.75 Å². The molecule has 5 rings (SSSR count). The number of ether oxygens (including phenoxy) is 1. The highest BCUT2D eigenvalue weighted by Gasteiger charge is 2.33. The molecule has 2 N–H and O–H groups in total. The third kappa shape index (κ3) is 3.68. The van der Waals surface area contributed by atoms with Crippen molar-refractivity contribution in [2.75, 3.05) is 18.4 Å². The Kier molecular flexibility index (Phi) is 5.19. The van der Waals surface area contributed by atoms with Gasteiger partial charge in [0.1, 0.15) is 23.5 Å². The highest BCUT2D eigenvalue weighted by Crippen LogP contribution is 2.40. The molecule has 5 nitrogen and oxygen atoms in total. The molecule has 154 valence electrons. The van der Waals surface area contributed by atoms with Crippen LogP contribution in [0.2, 0.25) is 0 Å². The average molecular weight is 420 g/mol. The Morgan fingerprint density at radius 3 is 2.67 bits per heavy atom. The topological polar surface area (TPSA) is 53.6 Å². The Morgan fingerprint density at radius 2 is 1.90 bits per heavy atom. The number of carbonyl (C=O) groups excluding carboxylic acids is 1. The number of carbonyl (C=O) groups is 1. The van der Waals surface area contributed by atoms with Crippen molar-refractivity contribution in [1.82, 2.24) is 10.2 Å². The second-order valence-electron chi connectivity index (χ2n) is 7.72. The van der Waals surface area contributed by atoms with Crippen molar-refractivity contribution in [2.24, 2.45) is 0 Å². The van der Waals surface area contributed by atoms with E-state index in [1.807, 2.05) is 54.6 Å². The molecule has 6 heteroatoms. The summed E-state index contributed by atoms with van der Waals surface area (Å²) < 4.78 is 5.88. The Bertz CT molecular complexity index is 1050. The van der Waals surface area contributed by atoms with Crippen LogP contribution in [-0.2, 0) is 19.6 Å². The van der Waals surface area contributed by atoms with Crippen LogP contribution in [0.5, 0.6) is 5.75 Å². The van der Waals surface area contributed by atoms with Crippen LogP contribution in [0.3, 0.4) is 0 Å². The van der Waals surface area contributed by atoms with Gasteiger partial charge in [0, 0.05) is 18.0 Å². The van der Waals surface area contributed by atoms with Gasteiger partial charge in [0.15, 0.2) is 0 Å². The molecule has 1 amide bonds. The SMILES string of the molecule is CCN1CCc2c(sc3c2C(=O)NC(c2ccc(OCc4ccccc4)cc2)N3)C1. The second kappa shape index (κ2) is 8.13. The summed E-state index contributed by atoms with van der Waals surface area (Å²) in [6.07, 6.45) is 0.720. The summed E-state index contributed by atoms with van der Waals surface area (Å²) in [4.78, 5) is 16.6. The van der Waals surface area contributed by atoms with Crippen molar-refractivity contribution in [3.63, 3.8) is 0 Å². The summed E-state index contributed by atoms with van der Waals surface area (Å²) >= 11 is 1.73. The van der Waals surface area contributed by atoms with Crippen LogP contribution >= 0.6 is 11.3 Å². The smallest absolute Gasteiger partial charge is 0.256 e. The molecule has 2 aromatic carbocycles. The number of nitrogens with zero attached hydrogens (tertiary/aromatic N) is 1. The zero-order valence-corrected chi connectivity index (χ0v) is 17.8. The van der Waals surface area contributed by atoms with Gasteiger partial charge in [-0.3, -0.25) is 9.69 Å². The molecule has 0 aliphatic carbocycles. The molecule has 1 aromatic heterocycles. The van der Waals surface area contributed by atoms with E-state index in [9.17, 15) is 4.79 Å². The van der Waals surface area contributed by atoms with Gasteiger partial charge < -0.3 is 15.4 Å². The van der Waals surface area contributed by atoms with Gasteiger partial charge >= 0.3 is 0 Å². The predicted molar refractivity (Wildman–Crippen MR) is 120 cm³/mol. The molecular weight excluding hydrogens is 394 g/mol. The monoisotopic (exact) mass is 419 g/mol. The van der Waals surface area contributed by atoms with Crippen LogP contribution in [0.25, 0.3) is 0 Å². The molecule has 0 saturated carbocycles. The lowest BCUT2D eigenvalue weighted by atomic mass is 10.0. The second-order valence-corrected chi connectivity index (χ2v) is 8.83. The molecule has 3 aromatic rings. The number of hydrogen-bond donors (Lipinski definition) is 2. The summed E-state index contributed by atoms with van der Waals surface area (Å²) in [7, 11) is 0. The average Bonchev–Trinajstić information content (AvgIpc) is 3.16. The Hall–Kier alpha value is -2.83. The van der Waals surface area contributed by atoms with Gasteiger partial charge in [-0.25, -0.2) is 0 Å². The minimum atomic E-state index is -0.226. The first-order valence-corrected chi connectivity index (χ1v) is 11.2. The number of nitrogens with one attached hydrogen (secondary N) is 2. The van der Waals surface area contributed by atoms with E-state index in [0.717, 1.165) is 53.5 Å². The summed E-state index contributed by atoms with van der Waals surface area (Å²) in [5, 5.41) is 7.66. The third-order valence-electron chi connectivity index (χ3n) is 5.82. The number of benzene rings is 2. The summed E-state index contributed by atoms with van der Waals surface area (Å²) in [6.45, 7) is 5.73. The first kappa shape index (κ1) is 19.2. The van der Waals surface area contributed by atoms with Crippen LogP contribution in [0.15, 0.2) is 54.6 Å². The fourth-order valence-corrected chi connectivity index (χ4v) is 5.42. The van der Waals surface area contributed by atoms with Gasteiger partial charge in [0.2, 0.25) is 0 Å². The maximum Gasteiger partial charge on any atom is 0.256 e. The molecule has 2 aliphatic rings. The number of amides is 1. The van der Waals surface area contributed by atoms with Crippen LogP contribution < -0.4 is 15.4 Å². The normalized spacial score (nSPS) is 18.2. The zero-order valence-electron chi connectivity index (χ0n) is 17.0. The van der Waals surface area contributed by atoms with E-state index in [2.05, 4.69) is 22.5 Å². The largest absolute Gasteiger partial charge is 0.489 e. The maximum atomic E-state index is 12.9. The molecule has 0 spiro atoms. The van der Waals surface area contributed by atoms with Crippen molar-refractivity contribution in [3.05, 3.63) is 81.7 Å². The molecule has 3 heterocycles. The Labute approximate surface area is 180 Å². The van der Waals surface area contributed by atoms with Gasteiger partial charge in [-0.1, -0.05) is 49.4 Å². The quantitative estimate of drug-likeness (QED) is 0.637. The van der Waals surface area contributed by atoms with Crippen molar-refractivity contribution < 1.29 is 9.53 Å². The van der Waals surface area contributed by atoms with Gasteiger partial charge in [-0.15, -0.1) is 11.3 Å². The summed E-state index contributed by atoms with van der Waals surface area (Å²) in [6, 6.07) is 18.1. The minimum Gasteiger partial charge on any atom is -0.489 e. The highest BCUT2D eigenvalue weighted by molar-refractivity contribution is 7.16. The molecule has 0 bridgehead atoms. The van der Waals surface area contributed by atoms with E-state index in [4.69, 9.17) is 4.74 Å². The zero-order chi connectivity index (χ0) is 20.5. The van der Waals surface area contributed by atoms with E-state index in [0.29, 0.717) is 6.61 Å². The molecule has 0 fully saturated rings. The lowest BCUT2D eigenvalue weighted by Gasteiger charge is -2.28. The van der Waals surface area contributed by atoms with E-state index in [-0.39, 0.29) is 12.1 Å². The van der Waals surface area contributed by atoms with Gasteiger partial charge in [0.05, 0.1) is 5.56 Å². The Morgan fingerprint density at radius 1 is 1.10 bits per heavy atom. The first-order valence-electron chi connectivity index (χ1n) is 10.4. The van der Waals surface area contributed by atoms with Crippen molar-refractivity contribution in [2.45, 2.75) is 32.7 Å².